The number of nitrogens with one attached hydrogen (secondary N) is 1. The highest BCUT2D eigenvalue weighted by Crippen LogP contribution is 2.24. The van der Waals surface area contributed by atoms with Crippen LogP contribution in [0, 0.1) is 0 Å². The van der Waals surface area contributed by atoms with Gasteiger partial charge in [-0.15, -0.1) is 11.3 Å². The number of nitrogens with zero attached hydrogens (tertiary/aromatic N) is 1. The zero-order chi connectivity index (χ0) is 13.7. The van der Waals surface area contributed by atoms with Crippen LogP contribution >= 0.6 is 11.3 Å². The first kappa shape index (κ1) is 14.9. The molecule has 0 amide bonds. The molecule has 1 fully saturated rings. The Bertz CT molecular complexity index is 496. The summed E-state index contributed by atoms with van der Waals surface area (Å²) >= 11 is 1.61. The third-order valence-corrected chi connectivity index (χ3v) is 6.77. The monoisotopic (exact) mass is 302 g/mol. The fourth-order valence-corrected chi connectivity index (χ4v) is 5.34. The smallest absolute Gasteiger partial charge is 0.153 e. The van der Waals surface area contributed by atoms with E-state index < -0.39 is 9.84 Å². The molecule has 6 heteroatoms. The molecule has 1 aliphatic rings. The number of aryl methyl sites for hydroxylation is 1. The maximum atomic E-state index is 12.0. The summed E-state index contributed by atoms with van der Waals surface area (Å²) in [5, 5.41) is 5.97. The van der Waals surface area contributed by atoms with Crippen LogP contribution in [0.15, 0.2) is 5.38 Å². The van der Waals surface area contributed by atoms with Gasteiger partial charge in [0.25, 0.3) is 0 Å². The van der Waals surface area contributed by atoms with Crippen LogP contribution in [0.4, 0.5) is 0 Å². The second kappa shape index (κ2) is 6.81. The van der Waals surface area contributed by atoms with Crippen molar-refractivity contribution in [2.24, 2.45) is 0 Å². The third kappa shape index (κ3) is 4.26. The largest absolute Gasteiger partial charge is 0.320 e. The Kier molecular flexibility index (Phi) is 5.36. The maximum absolute atomic E-state index is 12.0. The number of sulfone groups is 1. The Morgan fingerprint density at radius 1 is 1.47 bits per heavy atom. The molecule has 0 bridgehead atoms. The SMILES string of the molecule is CNCCCc1csc(CC2CCCCS2(=O)=O)n1. The van der Waals surface area contributed by atoms with Crippen molar-refractivity contribution in [1.29, 1.82) is 0 Å². The molecule has 0 saturated carbocycles. The maximum Gasteiger partial charge on any atom is 0.153 e. The summed E-state index contributed by atoms with van der Waals surface area (Å²) in [6.07, 6.45) is 5.31. The Hall–Kier alpha value is -0.460. The minimum absolute atomic E-state index is 0.197. The molecule has 4 nitrogen and oxygen atoms in total. The number of thiazole rings is 1. The summed E-state index contributed by atoms with van der Waals surface area (Å²) in [5.74, 6) is 0.359. The summed E-state index contributed by atoms with van der Waals surface area (Å²) in [6.45, 7) is 0.990. The van der Waals surface area contributed by atoms with Crippen molar-refractivity contribution in [3.05, 3.63) is 16.1 Å². The molecule has 2 heterocycles. The number of hydrogen-bond donors (Lipinski definition) is 1. The standard InChI is InChI=1S/C13H22N2O2S2/c1-14-7-4-5-11-10-18-13(15-11)9-12-6-2-3-8-19(12,16)17/h10,12,14H,2-9H2,1H3. The van der Waals surface area contributed by atoms with Gasteiger partial charge < -0.3 is 5.32 Å². The summed E-state index contributed by atoms with van der Waals surface area (Å²) in [5.41, 5.74) is 1.10. The van der Waals surface area contributed by atoms with E-state index in [1.165, 1.54) is 0 Å². The van der Waals surface area contributed by atoms with Crippen LogP contribution < -0.4 is 5.32 Å². The lowest BCUT2D eigenvalue weighted by atomic mass is 10.1. The quantitative estimate of drug-likeness (QED) is 0.814. The van der Waals surface area contributed by atoms with Crippen LogP contribution in [0.3, 0.4) is 0 Å². The van der Waals surface area contributed by atoms with Gasteiger partial charge in [0.15, 0.2) is 9.84 Å². The van der Waals surface area contributed by atoms with Crippen molar-refractivity contribution in [2.75, 3.05) is 19.3 Å². The molecule has 2 rings (SSSR count). The van der Waals surface area contributed by atoms with Crippen LogP contribution in [0.2, 0.25) is 0 Å². The highest BCUT2D eigenvalue weighted by atomic mass is 32.2. The first-order valence-corrected chi connectivity index (χ1v) is 9.51. The number of rotatable bonds is 6. The summed E-state index contributed by atoms with van der Waals surface area (Å²) < 4.78 is 23.9. The van der Waals surface area contributed by atoms with Crippen molar-refractivity contribution >= 4 is 21.2 Å². The van der Waals surface area contributed by atoms with Gasteiger partial charge in [0, 0.05) is 11.8 Å². The van der Waals surface area contributed by atoms with Gasteiger partial charge in [-0.2, -0.15) is 0 Å². The molecule has 0 spiro atoms. The average Bonchev–Trinajstić information content (AvgIpc) is 2.80. The molecule has 0 aliphatic carbocycles. The first-order valence-electron chi connectivity index (χ1n) is 6.91. The van der Waals surface area contributed by atoms with E-state index in [4.69, 9.17) is 0 Å². The van der Waals surface area contributed by atoms with Gasteiger partial charge in [-0.1, -0.05) is 6.42 Å². The van der Waals surface area contributed by atoms with Gasteiger partial charge >= 0.3 is 0 Å². The van der Waals surface area contributed by atoms with Crippen LogP contribution in [0.1, 0.15) is 36.4 Å². The van der Waals surface area contributed by atoms with Crippen LogP contribution in [-0.2, 0) is 22.7 Å². The summed E-state index contributed by atoms with van der Waals surface area (Å²) in [7, 11) is -0.932. The Morgan fingerprint density at radius 2 is 2.32 bits per heavy atom. The number of aromatic nitrogens is 1. The van der Waals surface area contributed by atoms with Gasteiger partial charge in [0.05, 0.1) is 21.7 Å². The lowest BCUT2D eigenvalue weighted by molar-refractivity contribution is 0.537. The zero-order valence-electron chi connectivity index (χ0n) is 11.4. The van der Waals surface area contributed by atoms with Gasteiger partial charge in [0.1, 0.15) is 0 Å². The van der Waals surface area contributed by atoms with Gasteiger partial charge in [-0.3, -0.25) is 0 Å². The van der Waals surface area contributed by atoms with E-state index in [-0.39, 0.29) is 5.25 Å². The van der Waals surface area contributed by atoms with E-state index in [0.29, 0.717) is 12.2 Å². The highest BCUT2D eigenvalue weighted by Gasteiger charge is 2.29. The van der Waals surface area contributed by atoms with Crippen LogP contribution in [0.5, 0.6) is 0 Å². The van der Waals surface area contributed by atoms with Crippen molar-refractivity contribution in [3.8, 4) is 0 Å². The molecule has 19 heavy (non-hydrogen) atoms. The molecular weight excluding hydrogens is 280 g/mol. The fraction of sp³-hybridized carbons (Fsp3) is 0.769. The molecule has 1 unspecified atom stereocenters. The van der Waals surface area contributed by atoms with E-state index >= 15 is 0 Å². The molecule has 1 aliphatic heterocycles. The van der Waals surface area contributed by atoms with E-state index in [1.807, 2.05) is 7.05 Å². The normalized spacial score (nSPS) is 22.5. The topological polar surface area (TPSA) is 59.1 Å². The first-order chi connectivity index (χ1) is 9.12. The van der Waals surface area contributed by atoms with Gasteiger partial charge in [-0.25, -0.2) is 13.4 Å². The lowest BCUT2D eigenvalue weighted by Gasteiger charge is -2.21. The van der Waals surface area contributed by atoms with E-state index in [2.05, 4.69) is 15.7 Å². The minimum atomic E-state index is -2.88. The van der Waals surface area contributed by atoms with Crippen molar-refractivity contribution in [3.63, 3.8) is 0 Å². The third-order valence-electron chi connectivity index (χ3n) is 3.57. The molecule has 108 valence electrons. The fourth-order valence-electron chi connectivity index (χ4n) is 2.45. The average molecular weight is 302 g/mol. The van der Waals surface area contributed by atoms with Crippen LogP contribution in [0.25, 0.3) is 0 Å². The molecule has 0 aromatic carbocycles. The van der Waals surface area contributed by atoms with Crippen molar-refractivity contribution in [1.82, 2.24) is 10.3 Å². The molecule has 1 atom stereocenters. The zero-order valence-corrected chi connectivity index (χ0v) is 13.0. The van der Waals surface area contributed by atoms with Crippen molar-refractivity contribution in [2.45, 2.75) is 43.8 Å². The second-order valence-electron chi connectivity index (χ2n) is 5.13. The molecular formula is C13H22N2O2S2. The molecule has 1 saturated heterocycles. The highest BCUT2D eigenvalue weighted by molar-refractivity contribution is 7.92. The predicted molar refractivity (Wildman–Crippen MR) is 79.5 cm³/mol. The van der Waals surface area contributed by atoms with E-state index in [1.54, 1.807) is 11.3 Å². The molecule has 1 aromatic rings. The van der Waals surface area contributed by atoms with Crippen LogP contribution in [-0.4, -0.2) is 38.0 Å². The van der Waals surface area contributed by atoms with Gasteiger partial charge in [0.2, 0.25) is 0 Å². The van der Waals surface area contributed by atoms with Gasteiger partial charge in [-0.05, 0) is 39.3 Å². The second-order valence-corrected chi connectivity index (χ2v) is 8.47. The molecule has 1 aromatic heterocycles. The van der Waals surface area contributed by atoms with E-state index in [0.717, 1.165) is 49.4 Å². The Labute approximate surface area is 119 Å². The lowest BCUT2D eigenvalue weighted by Crippen LogP contribution is -2.30. The number of hydrogen-bond acceptors (Lipinski definition) is 5. The Morgan fingerprint density at radius 3 is 3.05 bits per heavy atom. The predicted octanol–water partition coefficient (Wildman–Crippen LogP) is 1.80. The minimum Gasteiger partial charge on any atom is -0.320 e. The molecule has 0 radical (unpaired) electrons. The molecule has 1 N–H and O–H groups in total. The summed E-state index contributed by atoms with van der Waals surface area (Å²) in [6, 6.07) is 0. The Balaban J connectivity index is 1.92. The summed E-state index contributed by atoms with van der Waals surface area (Å²) in [4.78, 5) is 4.57. The van der Waals surface area contributed by atoms with Crippen molar-refractivity contribution < 1.29 is 8.42 Å². The van der Waals surface area contributed by atoms with E-state index in [9.17, 15) is 8.42 Å².